The Bertz CT molecular complexity index is 1530. The Labute approximate surface area is 378 Å². The highest BCUT2D eigenvalue weighted by Gasteiger charge is 2.52. The van der Waals surface area contributed by atoms with Crippen molar-refractivity contribution >= 4 is 11.8 Å². The lowest BCUT2D eigenvalue weighted by molar-refractivity contribution is -0.342. The molecule has 0 bridgehead atoms. The lowest BCUT2D eigenvalue weighted by Crippen LogP contribution is -2.65. The van der Waals surface area contributed by atoms with Gasteiger partial charge in [0.1, 0.15) is 42.7 Å². The molecular weight excluding hydrogens is 841 g/mol. The van der Waals surface area contributed by atoms with E-state index in [2.05, 4.69) is 0 Å². The van der Waals surface area contributed by atoms with Crippen LogP contribution >= 0.6 is 0 Å². The van der Waals surface area contributed by atoms with Gasteiger partial charge in [-0.2, -0.15) is 0 Å². The number of allylic oxidation sites excluding steroid dienone is 3. The number of carbonyl (C=O) groups is 2. The van der Waals surface area contributed by atoms with Gasteiger partial charge in [0, 0.05) is 38.4 Å². The monoisotopic (exact) mass is 920 g/mol. The number of aliphatic hydroxyl groups excluding tert-OH is 4. The SMILES string of the molecule is CC[C@H]1OC(=O)C[C@@H](O)[C@H](C)[C@@H](O[C@@H]2O[C@H](C)[C@@H](O[C@H]3C[C@@](C)(O)[C@@H](O)[C@H](C)O3)[C@H](N(C)C)[C@H]2O)[C@@H](CCF)C[C@@H](C)C(=O)/C=C/C(C)=C/[C@@H]1CO[C@@H]1O[C@H](C)[C@@H](O)[C@@H](OC)[C@H]1OC. The number of likely N-dealkylation sites (N-methyl/N-ethyl adjacent to an activating group) is 1. The number of nitrogens with zero attached hydrogens (tertiary/aromatic N) is 1. The van der Waals surface area contributed by atoms with Crippen LogP contribution in [0.25, 0.3) is 0 Å². The molecule has 17 nitrogen and oxygen atoms in total. The number of aliphatic hydroxyl groups is 5. The third-order valence-electron chi connectivity index (χ3n) is 13.5. The fourth-order valence-corrected chi connectivity index (χ4v) is 9.58. The predicted molar refractivity (Wildman–Crippen MR) is 230 cm³/mol. The summed E-state index contributed by atoms with van der Waals surface area (Å²) in [5, 5.41) is 55.8. The number of carbonyl (C=O) groups excluding carboxylic acids is 2. The fourth-order valence-electron chi connectivity index (χ4n) is 9.58. The number of hydrogen-bond acceptors (Lipinski definition) is 17. The minimum Gasteiger partial charge on any atom is -0.462 e. The summed E-state index contributed by atoms with van der Waals surface area (Å²) in [7, 11) is 6.42. The van der Waals surface area contributed by atoms with Gasteiger partial charge in [-0.15, -0.1) is 0 Å². The largest absolute Gasteiger partial charge is 0.462 e. The van der Waals surface area contributed by atoms with Crippen molar-refractivity contribution < 1.29 is 82.1 Å². The van der Waals surface area contributed by atoms with Crippen molar-refractivity contribution in [3.05, 3.63) is 23.8 Å². The standard InChI is InChI=1S/C46H78FNO16/c1-13-33-30(22-58-45-42(57-12)41(56-11)37(52)26(5)60-45)18-23(2)14-15-31(49)24(3)19-29(16-17-47)39(25(4)32(50)20-34(51)62-33)64-44-38(53)36(48(9)10)40(27(6)61-44)63-35-21-46(8,55)43(54)28(7)59-35/h14-15,18,24-30,32-33,35-45,50,52-55H,13,16-17,19-22H2,1-12H3/b15-14+,23-18+/t24-,25+,26-,27-,28+,29+,30-,32-,33-,35+,36-,37-,38-,39-,40-,41-,42-,43+,44+,45-,46-/m1/s1. The Balaban J connectivity index is 1.62. The predicted octanol–water partition coefficient (Wildman–Crippen LogP) is 2.60. The molecule has 370 valence electrons. The van der Waals surface area contributed by atoms with E-state index in [0.29, 0.717) is 12.0 Å². The molecule has 4 heterocycles. The number of ether oxygens (including phenoxy) is 9. The van der Waals surface area contributed by atoms with Crippen LogP contribution in [0.3, 0.4) is 0 Å². The summed E-state index contributed by atoms with van der Waals surface area (Å²) in [4.78, 5) is 29.2. The van der Waals surface area contributed by atoms with E-state index in [1.54, 1.807) is 66.6 Å². The first-order valence-corrected chi connectivity index (χ1v) is 22.8. The Hall–Kier alpha value is -2.01. The molecule has 18 heteroatoms. The molecule has 0 radical (unpaired) electrons. The number of esters is 1. The van der Waals surface area contributed by atoms with Crippen molar-refractivity contribution in [2.75, 3.05) is 41.6 Å². The summed E-state index contributed by atoms with van der Waals surface area (Å²) < 4.78 is 69.1. The van der Waals surface area contributed by atoms with Crippen molar-refractivity contribution in [2.24, 2.45) is 23.7 Å². The molecule has 64 heavy (non-hydrogen) atoms. The highest BCUT2D eigenvalue weighted by molar-refractivity contribution is 5.91. The summed E-state index contributed by atoms with van der Waals surface area (Å²) in [6, 6.07) is -0.753. The van der Waals surface area contributed by atoms with Crippen LogP contribution in [0.1, 0.15) is 87.5 Å². The first-order valence-electron chi connectivity index (χ1n) is 22.8. The van der Waals surface area contributed by atoms with Crippen molar-refractivity contribution in [1.82, 2.24) is 4.90 Å². The lowest BCUT2D eigenvalue weighted by atomic mass is 9.79. The van der Waals surface area contributed by atoms with Gasteiger partial charge >= 0.3 is 5.97 Å². The molecular formula is C46H78FNO16. The zero-order valence-electron chi connectivity index (χ0n) is 39.8. The first-order chi connectivity index (χ1) is 30.1. The topological polar surface area (TPSA) is 222 Å². The van der Waals surface area contributed by atoms with Gasteiger partial charge in [0.2, 0.25) is 0 Å². The van der Waals surface area contributed by atoms with E-state index in [-0.39, 0.29) is 31.7 Å². The van der Waals surface area contributed by atoms with E-state index in [1.807, 2.05) is 13.0 Å². The van der Waals surface area contributed by atoms with E-state index in [0.717, 1.165) is 0 Å². The third kappa shape index (κ3) is 13.6. The Kier molecular flexibility index (Phi) is 20.8. The van der Waals surface area contributed by atoms with E-state index in [1.165, 1.54) is 27.2 Å². The second-order valence-corrected chi connectivity index (χ2v) is 18.8. The molecule has 0 aliphatic carbocycles. The quantitative estimate of drug-likeness (QED) is 0.168. The van der Waals surface area contributed by atoms with Gasteiger partial charge in [-0.05, 0) is 80.0 Å². The molecule has 3 fully saturated rings. The molecule has 3 saturated heterocycles. The van der Waals surface area contributed by atoms with Crippen molar-refractivity contribution in [3.8, 4) is 0 Å². The average molecular weight is 920 g/mol. The molecule has 0 amide bonds. The number of cyclic esters (lactones) is 1. The van der Waals surface area contributed by atoms with Crippen LogP contribution in [0.5, 0.6) is 0 Å². The maximum atomic E-state index is 14.5. The summed E-state index contributed by atoms with van der Waals surface area (Å²) in [5.74, 6) is -3.63. The molecule has 0 aromatic rings. The van der Waals surface area contributed by atoms with Crippen molar-refractivity contribution in [2.45, 2.75) is 191 Å². The Morgan fingerprint density at radius 3 is 2.11 bits per heavy atom. The number of rotatable bonds is 13. The zero-order chi connectivity index (χ0) is 47.8. The van der Waals surface area contributed by atoms with Crippen LogP contribution < -0.4 is 0 Å². The maximum absolute atomic E-state index is 14.5. The number of alkyl halides is 1. The highest BCUT2D eigenvalue weighted by Crippen LogP contribution is 2.38. The van der Waals surface area contributed by atoms with Gasteiger partial charge in [-0.3, -0.25) is 14.0 Å². The van der Waals surface area contributed by atoms with Gasteiger partial charge in [-0.25, -0.2) is 0 Å². The summed E-state index contributed by atoms with van der Waals surface area (Å²) in [5.41, 5.74) is -0.812. The maximum Gasteiger partial charge on any atom is 0.308 e. The van der Waals surface area contributed by atoms with Crippen LogP contribution in [-0.4, -0.2) is 188 Å². The highest BCUT2D eigenvalue weighted by atomic mass is 19.1. The normalized spacial score (nSPS) is 46.0. The van der Waals surface area contributed by atoms with Gasteiger partial charge in [0.25, 0.3) is 0 Å². The minimum atomic E-state index is -1.49. The second-order valence-electron chi connectivity index (χ2n) is 18.8. The summed E-state index contributed by atoms with van der Waals surface area (Å²) in [6.45, 7) is 12.8. The smallest absolute Gasteiger partial charge is 0.308 e. The molecule has 0 aromatic carbocycles. The van der Waals surface area contributed by atoms with Crippen LogP contribution in [0, 0.1) is 23.7 Å². The van der Waals surface area contributed by atoms with Crippen LogP contribution in [0.4, 0.5) is 4.39 Å². The third-order valence-corrected chi connectivity index (χ3v) is 13.5. The second kappa shape index (κ2) is 24.3. The van der Waals surface area contributed by atoms with E-state index in [4.69, 9.17) is 42.6 Å². The number of hydrogen-bond donors (Lipinski definition) is 5. The van der Waals surface area contributed by atoms with Gasteiger partial charge < -0.3 is 73.1 Å². The summed E-state index contributed by atoms with van der Waals surface area (Å²) in [6.07, 6.45) is -9.28. The van der Waals surface area contributed by atoms with Crippen LogP contribution in [0.2, 0.25) is 0 Å². The van der Waals surface area contributed by atoms with Gasteiger partial charge in [0.15, 0.2) is 24.7 Å². The number of halogens is 1. The van der Waals surface area contributed by atoms with Crippen molar-refractivity contribution in [1.29, 1.82) is 0 Å². The average Bonchev–Trinajstić information content (AvgIpc) is 3.23. The Morgan fingerprint density at radius 2 is 1.52 bits per heavy atom. The van der Waals surface area contributed by atoms with Crippen molar-refractivity contribution in [3.63, 3.8) is 0 Å². The van der Waals surface area contributed by atoms with Crippen LogP contribution in [0.15, 0.2) is 23.8 Å². The molecule has 0 spiro atoms. The molecule has 5 N–H and O–H groups in total. The van der Waals surface area contributed by atoms with E-state index < -0.39 is 146 Å². The zero-order valence-corrected chi connectivity index (χ0v) is 39.8. The van der Waals surface area contributed by atoms with Crippen LogP contribution in [-0.2, 0) is 52.2 Å². The Morgan fingerprint density at radius 1 is 0.859 bits per heavy atom. The molecule has 4 rings (SSSR count). The molecule has 4 aliphatic rings. The van der Waals surface area contributed by atoms with E-state index >= 15 is 0 Å². The molecule has 21 atom stereocenters. The van der Waals surface area contributed by atoms with Gasteiger partial charge in [0.05, 0.1) is 61.9 Å². The molecule has 0 saturated carbocycles. The fraction of sp³-hybridized carbons (Fsp3) is 0.870. The molecule has 0 unspecified atom stereocenters. The lowest BCUT2D eigenvalue weighted by Gasteiger charge is -2.50. The molecule has 4 aliphatic heterocycles. The summed E-state index contributed by atoms with van der Waals surface area (Å²) >= 11 is 0. The molecule has 0 aromatic heterocycles. The number of methoxy groups -OCH3 is 2. The minimum absolute atomic E-state index is 0.0103. The first kappa shape index (κ1) is 54.6. The number of ketones is 1. The van der Waals surface area contributed by atoms with Gasteiger partial charge in [-0.1, -0.05) is 38.5 Å². The van der Waals surface area contributed by atoms with E-state index in [9.17, 15) is 39.5 Å².